The van der Waals surface area contributed by atoms with Gasteiger partial charge in [0.15, 0.2) is 17.3 Å². The zero-order chi connectivity index (χ0) is 18.3. The summed E-state index contributed by atoms with van der Waals surface area (Å²) in [6.45, 7) is 2.74. The van der Waals surface area contributed by atoms with Crippen molar-refractivity contribution in [3.63, 3.8) is 0 Å². The van der Waals surface area contributed by atoms with E-state index < -0.39 is 5.91 Å². The minimum absolute atomic E-state index is 0.221. The van der Waals surface area contributed by atoms with Crippen LogP contribution in [0.2, 0.25) is 5.02 Å². The van der Waals surface area contributed by atoms with Gasteiger partial charge in [0, 0.05) is 23.1 Å². The molecule has 0 radical (unpaired) electrons. The van der Waals surface area contributed by atoms with Crippen LogP contribution in [0.25, 0.3) is 11.0 Å². The molecular weight excluding hydrogens is 358 g/mol. The minimum Gasteiger partial charge on any atom is -0.497 e. The summed E-state index contributed by atoms with van der Waals surface area (Å²) >= 11 is 6.25. The van der Waals surface area contributed by atoms with Crippen LogP contribution in [0, 0.1) is 6.92 Å². The molecule has 2 heterocycles. The Morgan fingerprint density at radius 3 is 2.62 bits per heavy atom. The molecule has 0 saturated carbocycles. The Bertz CT molecular complexity index is 1010. The number of aryl methyl sites for hydroxylation is 1. The van der Waals surface area contributed by atoms with E-state index in [0.717, 1.165) is 10.9 Å². The lowest BCUT2D eigenvalue weighted by Crippen LogP contribution is -2.17. The molecule has 2 aromatic carbocycles. The largest absolute Gasteiger partial charge is 0.497 e. The van der Waals surface area contributed by atoms with Crippen LogP contribution in [0.1, 0.15) is 16.1 Å². The SMILES string of the molecule is COc1ccc2oc(C(=O)Nc3cc4c(cc3Cl)OCCO4)c(C)c2c1. The average Bonchev–Trinajstić information content (AvgIpc) is 2.98. The summed E-state index contributed by atoms with van der Waals surface area (Å²) in [5.41, 5.74) is 1.77. The molecule has 0 spiro atoms. The third-order valence-corrected chi connectivity index (χ3v) is 4.54. The van der Waals surface area contributed by atoms with Gasteiger partial charge in [-0.25, -0.2) is 0 Å². The number of rotatable bonds is 3. The molecule has 4 rings (SSSR count). The number of benzene rings is 2. The fourth-order valence-electron chi connectivity index (χ4n) is 2.88. The van der Waals surface area contributed by atoms with Gasteiger partial charge in [0.25, 0.3) is 5.91 Å². The van der Waals surface area contributed by atoms with Crippen LogP contribution in [0.4, 0.5) is 5.69 Å². The maximum Gasteiger partial charge on any atom is 0.291 e. The highest BCUT2D eigenvalue weighted by molar-refractivity contribution is 6.34. The molecule has 7 heteroatoms. The maximum atomic E-state index is 12.7. The number of carbonyl (C=O) groups is 1. The van der Waals surface area contributed by atoms with Crippen molar-refractivity contribution in [3.8, 4) is 17.2 Å². The minimum atomic E-state index is -0.392. The second kappa shape index (κ2) is 6.46. The summed E-state index contributed by atoms with van der Waals surface area (Å²) in [5.74, 6) is 1.63. The molecule has 0 unspecified atom stereocenters. The quantitative estimate of drug-likeness (QED) is 0.735. The number of ether oxygens (including phenoxy) is 3. The van der Waals surface area contributed by atoms with E-state index in [-0.39, 0.29) is 5.76 Å². The molecule has 1 aliphatic rings. The first-order chi connectivity index (χ1) is 12.6. The van der Waals surface area contributed by atoms with E-state index in [1.807, 2.05) is 13.0 Å². The molecular formula is C19H16ClNO5. The van der Waals surface area contributed by atoms with Gasteiger partial charge >= 0.3 is 0 Å². The first-order valence-electron chi connectivity index (χ1n) is 8.04. The van der Waals surface area contributed by atoms with E-state index in [9.17, 15) is 4.79 Å². The van der Waals surface area contributed by atoms with Crippen LogP contribution in [-0.4, -0.2) is 26.2 Å². The summed E-state index contributed by atoms with van der Waals surface area (Å²) in [6.07, 6.45) is 0. The highest BCUT2D eigenvalue weighted by Gasteiger charge is 2.21. The zero-order valence-electron chi connectivity index (χ0n) is 14.2. The van der Waals surface area contributed by atoms with Crippen LogP contribution in [-0.2, 0) is 0 Å². The molecule has 3 aromatic rings. The lowest BCUT2D eigenvalue weighted by molar-refractivity contribution is 0.0998. The molecule has 0 aliphatic carbocycles. The van der Waals surface area contributed by atoms with E-state index in [4.69, 9.17) is 30.2 Å². The first kappa shape index (κ1) is 16.6. The molecule has 134 valence electrons. The second-order valence-electron chi connectivity index (χ2n) is 5.85. The first-order valence-corrected chi connectivity index (χ1v) is 8.42. The molecule has 26 heavy (non-hydrogen) atoms. The third-order valence-electron chi connectivity index (χ3n) is 4.23. The Morgan fingerprint density at radius 2 is 1.88 bits per heavy atom. The van der Waals surface area contributed by atoms with Crippen molar-refractivity contribution < 1.29 is 23.4 Å². The number of carbonyl (C=O) groups excluding carboxylic acids is 1. The molecule has 0 fully saturated rings. The van der Waals surface area contributed by atoms with E-state index >= 15 is 0 Å². The van der Waals surface area contributed by atoms with Crippen molar-refractivity contribution >= 4 is 34.2 Å². The number of methoxy groups -OCH3 is 1. The second-order valence-corrected chi connectivity index (χ2v) is 6.26. The molecule has 1 amide bonds. The van der Waals surface area contributed by atoms with Gasteiger partial charge < -0.3 is 23.9 Å². The maximum absolute atomic E-state index is 12.7. The summed E-state index contributed by atoms with van der Waals surface area (Å²) in [6, 6.07) is 8.67. The number of furan rings is 1. The lowest BCUT2D eigenvalue weighted by Gasteiger charge is -2.19. The number of nitrogens with one attached hydrogen (secondary N) is 1. The lowest BCUT2D eigenvalue weighted by atomic mass is 10.1. The Hall–Kier alpha value is -2.86. The van der Waals surface area contributed by atoms with Crippen molar-refractivity contribution in [1.29, 1.82) is 0 Å². The number of halogens is 1. The predicted molar refractivity (Wildman–Crippen MR) is 97.9 cm³/mol. The third kappa shape index (κ3) is 2.82. The number of fused-ring (bicyclic) bond motifs is 2. The molecule has 1 N–H and O–H groups in total. The summed E-state index contributed by atoms with van der Waals surface area (Å²) < 4.78 is 22.0. The standard InChI is InChI=1S/C19H16ClNO5/c1-10-12-7-11(23-2)3-4-15(12)26-18(10)19(22)21-14-9-17-16(8-13(14)20)24-5-6-25-17/h3-4,7-9H,5-6H2,1-2H3,(H,21,22). The van der Waals surface area contributed by atoms with Gasteiger partial charge in [-0.1, -0.05) is 11.6 Å². The summed E-state index contributed by atoms with van der Waals surface area (Å²) in [4.78, 5) is 12.7. The van der Waals surface area contributed by atoms with Crippen LogP contribution < -0.4 is 19.5 Å². The summed E-state index contributed by atoms with van der Waals surface area (Å²) in [7, 11) is 1.59. The van der Waals surface area contributed by atoms with E-state index in [0.29, 0.717) is 46.8 Å². The van der Waals surface area contributed by atoms with Crippen molar-refractivity contribution in [1.82, 2.24) is 0 Å². The zero-order valence-corrected chi connectivity index (χ0v) is 15.0. The van der Waals surface area contributed by atoms with Crippen LogP contribution in [0.15, 0.2) is 34.7 Å². The van der Waals surface area contributed by atoms with E-state index in [2.05, 4.69) is 5.32 Å². The van der Waals surface area contributed by atoms with Gasteiger partial charge in [0.1, 0.15) is 24.5 Å². The number of hydrogen-bond acceptors (Lipinski definition) is 5. The van der Waals surface area contributed by atoms with Crippen LogP contribution in [0.5, 0.6) is 17.2 Å². The highest BCUT2D eigenvalue weighted by Crippen LogP contribution is 2.38. The number of hydrogen-bond donors (Lipinski definition) is 1. The highest BCUT2D eigenvalue weighted by atomic mass is 35.5. The van der Waals surface area contributed by atoms with E-state index in [1.54, 1.807) is 31.4 Å². The smallest absolute Gasteiger partial charge is 0.291 e. The molecule has 1 aliphatic heterocycles. The van der Waals surface area contributed by atoms with Gasteiger partial charge in [-0.2, -0.15) is 0 Å². The molecule has 1 aromatic heterocycles. The van der Waals surface area contributed by atoms with Crippen molar-refractivity contribution in [2.45, 2.75) is 6.92 Å². The Balaban J connectivity index is 1.66. The topological polar surface area (TPSA) is 69.9 Å². The predicted octanol–water partition coefficient (Wildman–Crippen LogP) is 4.43. The number of anilines is 1. The Labute approximate surface area is 154 Å². The van der Waals surface area contributed by atoms with E-state index in [1.165, 1.54) is 0 Å². The Morgan fingerprint density at radius 1 is 1.15 bits per heavy atom. The van der Waals surface area contributed by atoms with Crippen molar-refractivity contribution in [2.24, 2.45) is 0 Å². The van der Waals surface area contributed by atoms with Gasteiger partial charge in [0.05, 0.1) is 17.8 Å². The van der Waals surface area contributed by atoms with Gasteiger partial charge in [-0.3, -0.25) is 4.79 Å². The molecule has 0 bridgehead atoms. The monoisotopic (exact) mass is 373 g/mol. The number of amides is 1. The van der Waals surface area contributed by atoms with Crippen LogP contribution >= 0.6 is 11.6 Å². The normalized spacial score (nSPS) is 12.9. The summed E-state index contributed by atoms with van der Waals surface area (Å²) in [5, 5.41) is 3.96. The molecule has 0 saturated heterocycles. The van der Waals surface area contributed by atoms with Gasteiger partial charge in [-0.15, -0.1) is 0 Å². The van der Waals surface area contributed by atoms with Gasteiger partial charge in [-0.05, 0) is 25.1 Å². The fourth-order valence-corrected chi connectivity index (χ4v) is 3.08. The fraction of sp³-hybridized carbons (Fsp3) is 0.211. The average molecular weight is 374 g/mol. The van der Waals surface area contributed by atoms with Crippen molar-refractivity contribution in [2.75, 3.05) is 25.6 Å². The van der Waals surface area contributed by atoms with Gasteiger partial charge in [0.2, 0.25) is 0 Å². The molecule has 6 nitrogen and oxygen atoms in total. The van der Waals surface area contributed by atoms with Crippen molar-refractivity contribution in [3.05, 3.63) is 46.7 Å². The van der Waals surface area contributed by atoms with Crippen LogP contribution in [0.3, 0.4) is 0 Å². The Kier molecular flexibility index (Phi) is 4.12. The molecule has 0 atom stereocenters.